The van der Waals surface area contributed by atoms with E-state index in [2.05, 4.69) is 26.6 Å². The van der Waals surface area contributed by atoms with Gasteiger partial charge in [-0.2, -0.15) is 11.8 Å². The second kappa shape index (κ2) is 33.3. The molecule has 0 spiro atoms. The minimum atomic E-state index is -1.15. The molecule has 5 amide bonds. The molecule has 0 radical (unpaired) electrons. The SMILES string of the molecule is COOCN(CCN(CC(=O)O)CC(=O)O)CC(Cc1ccc(NC(=O)CCCCCNC(=O)CCCCCNC(=O)CCCCC2SCC3NC(=O)NC32)cc1)N(COOC)COOC. The fraction of sp³-hybridized carbons (Fsp3) is 0.721. The van der Waals surface area contributed by atoms with E-state index in [1.54, 1.807) is 4.90 Å². The molecule has 2 aliphatic rings. The summed E-state index contributed by atoms with van der Waals surface area (Å²) in [6, 6.07) is 7.40. The highest BCUT2D eigenvalue weighted by Gasteiger charge is 2.42. The number of unbranched alkanes of at least 4 members (excludes halogenated alkanes) is 5. The Morgan fingerprint density at radius 3 is 1.83 bits per heavy atom. The monoisotopic (exact) mass is 956 g/mol. The van der Waals surface area contributed by atoms with Gasteiger partial charge in [-0.05, 0) is 62.6 Å². The van der Waals surface area contributed by atoms with E-state index in [1.807, 2.05) is 40.9 Å². The maximum absolute atomic E-state index is 12.7. The quantitative estimate of drug-likeness (QED) is 0.0164. The summed E-state index contributed by atoms with van der Waals surface area (Å²) in [5.74, 6) is -1.43. The van der Waals surface area contributed by atoms with Gasteiger partial charge in [-0.1, -0.05) is 31.4 Å². The lowest BCUT2D eigenvalue weighted by molar-refractivity contribution is -0.339. The number of nitrogens with zero attached hydrogens (tertiary/aromatic N) is 3. The number of fused-ring (bicyclic) bond motifs is 1. The van der Waals surface area contributed by atoms with Crippen molar-refractivity contribution < 1.29 is 68.3 Å². The number of anilines is 1. The third-order valence-electron chi connectivity index (χ3n) is 11.1. The van der Waals surface area contributed by atoms with E-state index < -0.39 is 25.0 Å². The third kappa shape index (κ3) is 24.0. The molecule has 2 heterocycles. The second-order valence-electron chi connectivity index (χ2n) is 16.2. The average Bonchev–Trinajstić information content (AvgIpc) is 3.84. The molecule has 1 aromatic carbocycles. The number of aliphatic carboxylic acids is 2. The number of carbonyl (C=O) groups is 6. The highest BCUT2D eigenvalue weighted by molar-refractivity contribution is 8.00. The van der Waals surface area contributed by atoms with E-state index in [0.29, 0.717) is 62.7 Å². The van der Waals surface area contributed by atoms with E-state index in [1.165, 1.54) is 26.2 Å². The summed E-state index contributed by atoms with van der Waals surface area (Å²) >= 11 is 1.89. The molecule has 22 nitrogen and oxygen atoms in total. The lowest BCUT2D eigenvalue weighted by Gasteiger charge is -2.34. The number of carboxylic acids is 2. The molecule has 1 aromatic rings. The van der Waals surface area contributed by atoms with Crippen LogP contribution in [0.3, 0.4) is 0 Å². The number of urea groups is 1. The van der Waals surface area contributed by atoms with Crippen molar-refractivity contribution in [1.29, 1.82) is 0 Å². The van der Waals surface area contributed by atoms with E-state index in [0.717, 1.165) is 62.7 Å². The van der Waals surface area contributed by atoms with Gasteiger partial charge in [0.15, 0.2) is 0 Å². The van der Waals surface area contributed by atoms with Gasteiger partial charge in [-0.3, -0.25) is 33.8 Å². The normalized spacial score (nSPS) is 17.1. The summed E-state index contributed by atoms with van der Waals surface area (Å²) in [4.78, 5) is 107. The highest BCUT2D eigenvalue weighted by Crippen LogP contribution is 2.33. The molecule has 2 aliphatic heterocycles. The molecule has 0 aliphatic carbocycles. The van der Waals surface area contributed by atoms with E-state index in [-0.39, 0.29) is 75.2 Å². The van der Waals surface area contributed by atoms with Gasteiger partial charge in [-0.15, -0.1) is 0 Å². The molecule has 0 saturated carbocycles. The van der Waals surface area contributed by atoms with E-state index >= 15 is 0 Å². The molecule has 374 valence electrons. The molecule has 3 rings (SSSR count). The Morgan fingerprint density at radius 1 is 0.712 bits per heavy atom. The topological polar surface area (TPSA) is 268 Å². The standard InChI is InChI=1S/C43H72N8O14S/c1-60-63-29-50(23-22-49(26-40(55)56)27-41(57)58)25-34(51(30-64-61-2)31-65-62-3)24-32-16-18-33(19-17-32)46-39(54)15-7-5-11-21-44-37(52)13-6-4-10-20-45-38(53)14-9-8-12-36-42-35(28-66-36)47-43(59)48-42/h16-19,34-36,42H,4-15,20-31H2,1-3H3,(H,44,52)(H,45,53)(H,46,54)(H,55,56)(H,57,58)(H2,47,48,59). The Morgan fingerprint density at radius 2 is 1.26 bits per heavy atom. The van der Waals surface area contributed by atoms with Crippen molar-refractivity contribution in [2.75, 3.05) is 98.4 Å². The third-order valence-corrected chi connectivity index (χ3v) is 12.6. The Labute approximate surface area is 391 Å². The fourth-order valence-corrected chi connectivity index (χ4v) is 9.16. The van der Waals surface area contributed by atoms with Crippen LogP contribution in [0.4, 0.5) is 10.5 Å². The van der Waals surface area contributed by atoms with Crippen molar-refractivity contribution in [3.05, 3.63) is 29.8 Å². The maximum Gasteiger partial charge on any atom is 0.317 e. The Balaban J connectivity index is 1.31. The first kappa shape index (κ1) is 56.2. The van der Waals surface area contributed by atoms with Gasteiger partial charge in [0.05, 0.1) is 46.5 Å². The number of benzene rings is 1. The van der Waals surface area contributed by atoms with Gasteiger partial charge >= 0.3 is 18.0 Å². The first-order valence-corrected chi connectivity index (χ1v) is 23.7. The number of hydrogen-bond acceptors (Lipinski definition) is 16. The predicted octanol–water partition coefficient (Wildman–Crippen LogP) is 2.30. The summed E-state index contributed by atoms with van der Waals surface area (Å²) in [6.45, 7) is 0.876. The largest absolute Gasteiger partial charge is 0.480 e. The predicted molar refractivity (Wildman–Crippen MR) is 243 cm³/mol. The van der Waals surface area contributed by atoms with Gasteiger partial charge in [0.1, 0.15) is 20.2 Å². The van der Waals surface area contributed by atoms with Crippen LogP contribution in [0.2, 0.25) is 0 Å². The molecule has 0 aromatic heterocycles. The van der Waals surface area contributed by atoms with Crippen LogP contribution in [0.15, 0.2) is 24.3 Å². The van der Waals surface area contributed by atoms with Gasteiger partial charge in [0.2, 0.25) is 17.7 Å². The van der Waals surface area contributed by atoms with Crippen molar-refractivity contribution in [1.82, 2.24) is 36.0 Å². The van der Waals surface area contributed by atoms with Crippen LogP contribution in [0.25, 0.3) is 0 Å². The minimum absolute atomic E-state index is 0.000289. The molecule has 0 bridgehead atoms. The Hall–Kier alpha value is -4.17. The molecule has 23 heteroatoms. The number of carbonyl (C=O) groups excluding carboxylic acids is 4. The second-order valence-corrected chi connectivity index (χ2v) is 17.5. The first-order valence-electron chi connectivity index (χ1n) is 22.6. The van der Waals surface area contributed by atoms with Gasteiger partial charge in [0.25, 0.3) is 0 Å². The minimum Gasteiger partial charge on any atom is -0.480 e. The molecule has 4 unspecified atom stereocenters. The molecule has 7 N–H and O–H groups in total. The fourth-order valence-electron chi connectivity index (χ4n) is 7.61. The lowest BCUT2D eigenvalue weighted by atomic mass is 10.0. The van der Waals surface area contributed by atoms with E-state index in [9.17, 15) is 39.0 Å². The molecule has 2 fully saturated rings. The summed E-state index contributed by atoms with van der Waals surface area (Å²) < 4.78 is 0. The van der Waals surface area contributed by atoms with Crippen molar-refractivity contribution in [2.24, 2.45) is 0 Å². The molecular formula is C43H72N8O14S. The zero-order chi connectivity index (χ0) is 47.9. The van der Waals surface area contributed by atoms with Crippen LogP contribution in [0, 0.1) is 0 Å². The van der Waals surface area contributed by atoms with Crippen LogP contribution in [0.1, 0.15) is 82.6 Å². The Bertz CT molecular complexity index is 1580. The van der Waals surface area contributed by atoms with Crippen LogP contribution in [-0.2, 0) is 59.7 Å². The molecular weight excluding hydrogens is 885 g/mol. The average molecular weight is 957 g/mol. The van der Waals surface area contributed by atoms with Gasteiger partial charge < -0.3 is 36.8 Å². The number of hydrogen-bond donors (Lipinski definition) is 7. The summed E-state index contributed by atoms with van der Waals surface area (Å²) in [5, 5.41) is 33.8. The van der Waals surface area contributed by atoms with Crippen LogP contribution in [-0.4, -0.2) is 177 Å². The van der Waals surface area contributed by atoms with Crippen molar-refractivity contribution in [3.8, 4) is 0 Å². The number of thioether (sulfide) groups is 1. The summed E-state index contributed by atoms with van der Waals surface area (Å²) in [5.41, 5.74) is 1.54. The van der Waals surface area contributed by atoms with Crippen LogP contribution >= 0.6 is 11.8 Å². The Kier molecular flexibility index (Phi) is 28.4. The van der Waals surface area contributed by atoms with Crippen LogP contribution in [0.5, 0.6) is 0 Å². The van der Waals surface area contributed by atoms with Crippen LogP contribution < -0.4 is 26.6 Å². The maximum atomic E-state index is 12.7. The summed E-state index contributed by atoms with van der Waals surface area (Å²) in [7, 11) is 4.11. The first-order chi connectivity index (χ1) is 31.9. The smallest absolute Gasteiger partial charge is 0.317 e. The number of carboxylic acid groups (broad SMARTS) is 2. The number of nitrogens with one attached hydrogen (secondary N) is 5. The van der Waals surface area contributed by atoms with Crippen molar-refractivity contribution >= 4 is 53.1 Å². The highest BCUT2D eigenvalue weighted by atomic mass is 32.2. The zero-order valence-corrected chi connectivity index (χ0v) is 39.4. The van der Waals surface area contributed by atoms with Gasteiger partial charge in [-0.25, -0.2) is 39.0 Å². The zero-order valence-electron chi connectivity index (χ0n) is 38.6. The lowest BCUT2D eigenvalue weighted by Crippen LogP contribution is -2.49. The van der Waals surface area contributed by atoms with Crippen molar-refractivity contribution in [3.63, 3.8) is 0 Å². The number of amides is 5. The van der Waals surface area contributed by atoms with Crippen molar-refractivity contribution in [2.45, 2.75) is 107 Å². The van der Waals surface area contributed by atoms with E-state index in [4.69, 9.17) is 29.3 Å². The number of rotatable bonds is 39. The van der Waals surface area contributed by atoms with Gasteiger partial charge in [0, 0.05) is 74.7 Å². The molecule has 2 saturated heterocycles. The molecule has 4 atom stereocenters. The summed E-state index contributed by atoms with van der Waals surface area (Å²) in [6.07, 6.45) is 9.10. The molecule has 66 heavy (non-hydrogen) atoms.